The number of aromatic nitrogens is 1. The zero-order valence-corrected chi connectivity index (χ0v) is 16.1. The van der Waals surface area contributed by atoms with Gasteiger partial charge in [-0.05, 0) is 37.5 Å². The lowest BCUT2D eigenvalue weighted by atomic mass is 10.2. The molecule has 0 aliphatic rings. The van der Waals surface area contributed by atoms with Crippen molar-refractivity contribution in [3.8, 4) is 0 Å². The number of amides is 2. The quantitative estimate of drug-likeness (QED) is 0.644. The first-order chi connectivity index (χ1) is 12.6. The fourth-order valence-electron chi connectivity index (χ4n) is 2.43. The van der Waals surface area contributed by atoms with E-state index in [-0.39, 0.29) is 11.7 Å². The minimum Gasteiger partial charge on any atom is -0.451 e. The van der Waals surface area contributed by atoms with Gasteiger partial charge in [0, 0.05) is 16.5 Å². The van der Waals surface area contributed by atoms with Crippen molar-refractivity contribution in [2.75, 3.05) is 17.3 Å². The molecule has 0 aliphatic heterocycles. The standard InChI is InChI=1S/C18H19N3O3S2/c1-11-10-19-18(26-11)21-16(22)13(7-8-25-2)20-17(23)15-9-12-5-3-4-6-14(12)24-15/h3-6,9-10,13H,7-8H2,1-2H3,(H,20,23)(H,19,21,22)/t13-/m0/s1. The van der Waals surface area contributed by atoms with E-state index < -0.39 is 11.9 Å². The highest BCUT2D eigenvalue weighted by Gasteiger charge is 2.23. The average molecular weight is 390 g/mol. The summed E-state index contributed by atoms with van der Waals surface area (Å²) >= 11 is 3.01. The Hall–Kier alpha value is -2.32. The van der Waals surface area contributed by atoms with E-state index in [0.717, 1.165) is 16.0 Å². The number of nitrogens with one attached hydrogen (secondary N) is 2. The number of aryl methyl sites for hydroxylation is 1. The maximum Gasteiger partial charge on any atom is 0.287 e. The summed E-state index contributed by atoms with van der Waals surface area (Å²) in [6.07, 6.45) is 4.17. The molecule has 2 aromatic heterocycles. The summed E-state index contributed by atoms with van der Waals surface area (Å²) in [5.74, 6) is 0.254. The lowest BCUT2D eigenvalue weighted by Gasteiger charge is -2.16. The largest absolute Gasteiger partial charge is 0.451 e. The van der Waals surface area contributed by atoms with Gasteiger partial charge in [0.05, 0.1) is 0 Å². The molecule has 0 spiro atoms. The molecule has 0 radical (unpaired) electrons. The topological polar surface area (TPSA) is 84.2 Å². The minimum atomic E-state index is -0.660. The van der Waals surface area contributed by atoms with E-state index in [1.165, 1.54) is 11.3 Å². The van der Waals surface area contributed by atoms with Crippen molar-refractivity contribution in [3.05, 3.63) is 47.2 Å². The molecule has 1 aromatic carbocycles. The van der Waals surface area contributed by atoms with Crippen LogP contribution in [-0.2, 0) is 4.79 Å². The molecule has 2 heterocycles. The molecule has 0 bridgehead atoms. The van der Waals surface area contributed by atoms with Crippen molar-refractivity contribution >= 4 is 51.0 Å². The summed E-state index contributed by atoms with van der Waals surface area (Å²) < 4.78 is 5.58. The normalized spacial score (nSPS) is 12.1. The molecule has 0 unspecified atom stereocenters. The van der Waals surface area contributed by atoms with Crippen molar-refractivity contribution in [1.82, 2.24) is 10.3 Å². The second-order valence-electron chi connectivity index (χ2n) is 5.72. The lowest BCUT2D eigenvalue weighted by molar-refractivity contribution is -0.118. The van der Waals surface area contributed by atoms with Crippen LogP contribution in [0, 0.1) is 6.92 Å². The number of fused-ring (bicyclic) bond motifs is 1. The van der Waals surface area contributed by atoms with Gasteiger partial charge in [0.1, 0.15) is 11.6 Å². The smallest absolute Gasteiger partial charge is 0.287 e. The second kappa shape index (κ2) is 8.37. The van der Waals surface area contributed by atoms with E-state index in [9.17, 15) is 9.59 Å². The predicted octanol–water partition coefficient (Wildman–Crippen LogP) is 3.69. The molecule has 1 atom stereocenters. The van der Waals surface area contributed by atoms with Crippen molar-refractivity contribution in [2.45, 2.75) is 19.4 Å². The zero-order chi connectivity index (χ0) is 18.5. The monoisotopic (exact) mass is 389 g/mol. The number of furan rings is 1. The summed E-state index contributed by atoms with van der Waals surface area (Å²) in [5.41, 5.74) is 0.640. The molecule has 3 rings (SSSR count). The van der Waals surface area contributed by atoms with Gasteiger partial charge in [-0.1, -0.05) is 18.2 Å². The van der Waals surface area contributed by atoms with Gasteiger partial charge in [0.25, 0.3) is 5.91 Å². The van der Waals surface area contributed by atoms with E-state index in [2.05, 4.69) is 15.6 Å². The van der Waals surface area contributed by atoms with E-state index in [1.807, 2.05) is 31.4 Å². The molecule has 0 aliphatic carbocycles. The van der Waals surface area contributed by atoms with Crippen LogP contribution in [0.3, 0.4) is 0 Å². The van der Waals surface area contributed by atoms with Crippen molar-refractivity contribution in [2.24, 2.45) is 0 Å². The predicted molar refractivity (Wildman–Crippen MR) is 106 cm³/mol. The van der Waals surface area contributed by atoms with Crippen molar-refractivity contribution in [3.63, 3.8) is 0 Å². The Morgan fingerprint density at radius 1 is 1.35 bits per heavy atom. The number of hydrogen-bond acceptors (Lipinski definition) is 6. The van der Waals surface area contributed by atoms with Crippen LogP contribution < -0.4 is 10.6 Å². The molecule has 2 N–H and O–H groups in total. The summed E-state index contributed by atoms with van der Waals surface area (Å²) in [5, 5.41) is 6.92. The van der Waals surface area contributed by atoms with Gasteiger partial charge in [-0.15, -0.1) is 11.3 Å². The summed E-state index contributed by atoms with van der Waals surface area (Å²) in [6.45, 7) is 1.92. The number of carbonyl (C=O) groups is 2. The number of nitrogens with zero attached hydrogens (tertiary/aromatic N) is 1. The van der Waals surface area contributed by atoms with Crippen LogP contribution >= 0.6 is 23.1 Å². The SMILES string of the molecule is CSCC[C@H](NC(=O)c1cc2ccccc2o1)C(=O)Nc1ncc(C)s1. The van der Waals surface area contributed by atoms with Crippen LogP contribution in [0.5, 0.6) is 0 Å². The number of rotatable bonds is 7. The number of hydrogen-bond donors (Lipinski definition) is 2. The highest BCUT2D eigenvalue weighted by molar-refractivity contribution is 7.98. The van der Waals surface area contributed by atoms with Crippen molar-refractivity contribution in [1.29, 1.82) is 0 Å². The molecule has 2 amide bonds. The molecule has 0 saturated carbocycles. The number of anilines is 1. The van der Waals surface area contributed by atoms with Gasteiger partial charge >= 0.3 is 0 Å². The molecular formula is C18H19N3O3S2. The number of benzene rings is 1. The average Bonchev–Trinajstić information content (AvgIpc) is 3.24. The third-order valence-corrected chi connectivity index (χ3v) is 5.21. The van der Waals surface area contributed by atoms with Gasteiger partial charge in [0.2, 0.25) is 5.91 Å². The van der Waals surface area contributed by atoms with Gasteiger partial charge in [-0.25, -0.2) is 4.98 Å². The first-order valence-electron chi connectivity index (χ1n) is 8.08. The Morgan fingerprint density at radius 3 is 2.85 bits per heavy atom. The molecule has 8 heteroatoms. The molecular weight excluding hydrogens is 370 g/mol. The Morgan fingerprint density at radius 2 is 2.15 bits per heavy atom. The maximum absolute atomic E-state index is 12.6. The van der Waals surface area contributed by atoms with Crippen LogP contribution in [0.25, 0.3) is 11.0 Å². The van der Waals surface area contributed by atoms with E-state index in [4.69, 9.17) is 4.42 Å². The van der Waals surface area contributed by atoms with Gasteiger partial charge < -0.3 is 15.1 Å². The Balaban J connectivity index is 1.72. The van der Waals surface area contributed by atoms with Crippen molar-refractivity contribution < 1.29 is 14.0 Å². The zero-order valence-electron chi connectivity index (χ0n) is 14.4. The number of carbonyl (C=O) groups excluding carboxylic acids is 2. The fourth-order valence-corrected chi connectivity index (χ4v) is 3.57. The molecule has 136 valence electrons. The maximum atomic E-state index is 12.6. The van der Waals surface area contributed by atoms with Gasteiger partial charge in [-0.2, -0.15) is 11.8 Å². The summed E-state index contributed by atoms with van der Waals surface area (Å²) in [7, 11) is 0. The van der Waals surface area contributed by atoms with Crippen LogP contribution in [0.1, 0.15) is 21.9 Å². The fraction of sp³-hybridized carbons (Fsp3) is 0.278. The van der Waals surface area contributed by atoms with Gasteiger partial charge in [-0.3, -0.25) is 9.59 Å². The highest BCUT2D eigenvalue weighted by atomic mass is 32.2. The van der Waals surface area contributed by atoms with Crippen LogP contribution in [0.15, 0.2) is 40.9 Å². The second-order valence-corrected chi connectivity index (χ2v) is 7.94. The Labute approximate surface area is 159 Å². The third kappa shape index (κ3) is 4.44. The van der Waals surface area contributed by atoms with Crippen LogP contribution in [0.2, 0.25) is 0 Å². The van der Waals surface area contributed by atoms with Crippen LogP contribution in [-0.4, -0.2) is 34.8 Å². The first-order valence-corrected chi connectivity index (χ1v) is 10.3. The van der Waals surface area contributed by atoms with Crippen LogP contribution in [0.4, 0.5) is 5.13 Å². The lowest BCUT2D eigenvalue weighted by Crippen LogP contribution is -2.44. The third-order valence-electron chi connectivity index (χ3n) is 3.73. The minimum absolute atomic E-state index is 0.193. The number of para-hydroxylation sites is 1. The molecule has 3 aromatic rings. The summed E-state index contributed by atoms with van der Waals surface area (Å²) in [6, 6.07) is 8.42. The molecule has 0 fully saturated rings. The van der Waals surface area contributed by atoms with E-state index >= 15 is 0 Å². The van der Waals surface area contributed by atoms with E-state index in [0.29, 0.717) is 17.1 Å². The first kappa shape index (κ1) is 18.5. The number of thioether (sulfide) groups is 1. The number of thiazole rings is 1. The van der Waals surface area contributed by atoms with E-state index in [1.54, 1.807) is 30.1 Å². The molecule has 26 heavy (non-hydrogen) atoms. The van der Waals surface area contributed by atoms with Gasteiger partial charge in [0.15, 0.2) is 10.9 Å². The Kier molecular flexibility index (Phi) is 5.95. The summed E-state index contributed by atoms with van der Waals surface area (Å²) in [4.78, 5) is 30.3. The highest BCUT2D eigenvalue weighted by Crippen LogP contribution is 2.20. The Bertz CT molecular complexity index is 886. The molecule has 6 nitrogen and oxygen atoms in total. The molecule has 0 saturated heterocycles.